The monoisotopic (exact) mass is 427 g/mol. The summed E-state index contributed by atoms with van der Waals surface area (Å²) >= 11 is 3.41. The number of likely N-dealkylation sites (tertiary alicyclic amines) is 1. The van der Waals surface area contributed by atoms with E-state index in [1.807, 2.05) is 55.5 Å². The van der Waals surface area contributed by atoms with Crippen LogP contribution in [0.25, 0.3) is 11.1 Å². The van der Waals surface area contributed by atoms with Gasteiger partial charge in [0, 0.05) is 16.1 Å². The number of aromatic nitrogens is 1. The van der Waals surface area contributed by atoms with E-state index in [2.05, 4.69) is 31.1 Å². The van der Waals surface area contributed by atoms with Gasteiger partial charge in [0.05, 0.1) is 6.04 Å². The molecule has 6 heteroatoms. The van der Waals surface area contributed by atoms with Gasteiger partial charge in [-0.05, 0) is 69.3 Å². The summed E-state index contributed by atoms with van der Waals surface area (Å²) in [6, 6.07) is 15.3. The van der Waals surface area contributed by atoms with E-state index in [1.54, 1.807) is 0 Å². The molecule has 1 fully saturated rings. The molecule has 0 radical (unpaired) electrons. The number of fused-ring (bicyclic) bond motifs is 1. The van der Waals surface area contributed by atoms with Crippen LogP contribution >= 0.6 is 15.9 Å². The van der Waals surface area contributed by atoms with Gasteiger partial charge in [0.25, 0.3) is 0 Å². The molecule has 3 aromatic rings. The van der Waals surface area contributed by atoms with E-state index in [-0.39, 0.29) is 11.9 Å². The number of amides is 1. The number of para-hydroxylation sites is 2. The maximum absolute atomic E-state index is 12.6. The van der Waals surface area contributed by atoms with E-state index in [0.717, 1.165) is 53.1 Å². The Kier molecular flexibility index (Phi) is 5.27. The second-order valence-corrected chi connectivity index (χ2v) is 7.92. The molecule has 0 aliphatic carbocycles. The number of nitrogens with one attached hydrogen (secondary N) is 1. The summed E-state index contributed by atoms with van der Waals surface area (Å²) in [6.07, 6.45) is 1.89. The van der Waals surface area contributed by atoms with Crippen LogP contribution < -0.4 is 5.32 Å². The highest BCUT2D eigenvalue weighted by atomic mass is 79.9. The number of carbonyl (C=O) groups is 1. The number of hydrogen-bond donors (Lipinski definition) is 1. The molecule has 0 spiro atoms. The van der Waals surface area contributed by atoms with E-state index in [0.29, 0.717) is 5.92 Å². The first-order valence-corrected chi connectivity index (χ1v) is 10.1. The van der Waals surface area contributed by atoms with Crippen molar-refractivity contribution in [3.63, 3.8) is 0 Å². The average molecular weight is 428 g/mol. The highest BCUT2D eigenvalue weighted by Crippen LogP contribution is 2.30. The molecule has 1 saturated heterocycles. The molecule has 1 unspecified atom stereocenters. The van der Waals surface area contributed by atoms with E-state index in [1.165, 1.54) is 0 Å². The van der Waals surface area contributed by atoms with Gasteiger partial charge in [-0.3, -0.25) is 9.69 Å². The SMILES string of the molecule is CC(C(=O)Nc1ccc(Br)cc1)N1CCC(c2nc3ccccc3o2)CC1. The van der Waals surface area contributed by atoms with E-state index in [4.69, 9.17) is 4.42 Å². The predicted octanol–water partition coefficient (Wildman–Crippen LogP) is 4.80. The number of rotatable bonds is 4. The third-order valence-electron chi connectivity index (χ3n) is 5.23. The highest BCUT2D eigenvalue weighted by Gasteiger charge is 2.29. The first kappa shape index (κ1) is 18.2. The van der Waals surface area contributed by atoms with Crippen molar-refractivity contribution in [2.75, 3.05) is 18.4 Å². The van der Waals surface area contributed by atoms with Crippen molar-refractivity contribution in [3.05, 3.63) is 58.9 Å². The van der Waals surface area contributed by atoms with Gasteiger partial charge in [-0.15, -0.1) is 0 Å². The zero-order valence-electron chi connectivity index (χ0n) is 15.2. The Morgan fingerprint density at radius 3 is 2.59 bits per heavy atom. The number of oxazole rings is 1. The zero-order chi connectivity index (χ0) is 18.8. The smallest absolute Gasteiger partial charge is 0.241 e. The molecule has 1 amide bonds. The maximum Gasteiger partial charge on any atom is 0.241 e. The molecule has 1 aromatic heterocycles. The number of halogens is 1. The lowest BCUT2D eigenvalue weighted by Crippen LogP contribution is -2.45. The van der Waals surface area contributed by atoms with Gasteiger partial charge in [-0.2, -0.15) is 0 Å². The average Bonchev–Trinajstić information content (AvgIpc) is 3.13. The maximum atomic E-state index is 12.6. The van der Waals surface area contributed by atoms with Crippen LogP contribution in [0.5, 0.6) is 0 Å². The molecular weight excluding hydrogens is 406 g/mol. The van der Waals surface area contributed by atoms with E-state index in [9.17, 15) is 4.79 Å². The molecule has 140 valence electrons. The molecular formula is C21H22BrN3O2. The standard InChI is InChI=1S/C21H22BrN3O2/c1-14(20(26)23-17-8-6-16(22)7-9-17)25-12-10-15(11-13-25)21-24-18-4-2-3-5-19(18)27-21/h2-9,14-15H,10-13H2,1H3,(H,23,26). The summed E-state index contributed by atoms with van der Waals surface area (Å²) in [7, 11) is 0. The molecule has 2 heterocycles. The normalized spacial score (nSPS) is 17.1. The fourth-order valence-electron chi connectivity index (χ4n) is 3.54. The topological polar surface area (TPSA) is 58.4 Å². The summed E-state index contributed by atoms with van der Waals surface area (Å²) in [5.41, 5.74) is 2.57. The summed E-state index contributed by atoms with van der Waals surface area (Å²) in [6.45, 7) is 3.69. The van der Waals surface area contributed by atoms with Gasteiger partial charge in [0.2, 0.25) is 5.91 Å². The van der Waals surface area contributed by atoms with Crippen LogP contribution in [0, 0.1) is 0 Å². The van der Waals surface area contributed by atoms with E-state index < -0.39 is 0 Å². The molecule has 4 rings (SSSR count). The zero-order valence-corrected chi connectivity index (χ0v) is 16.8. The number of carbonyl (C=O) groups excluding carboxylic acids is 1. The van der Waals surface area contributed by atoms with Crippen LogP contribution in [-0.4, -0.2) is 34.9 Å². The molecule has 27 heavy (non-hydrogen) atoms. The third-order valence-corrected chi connectivity index (χ3v) is 5.76. The largest absolute Gasteiger partial charge is 0.440 e. The first-order valence-electron chi connectivity index (χ1n) is 9.26. The first-order chi connectivity index (χ1) is 13.1. The Morgan fingerprint density at radius 2 is 1.89 bits per heavy atom. The second kappa shape index (κ2) is 7.82. The lowest BCUT2D eigenvalue weighted by molar-refractivity contribution is -0.121. The van der Waals surface area contributed by atoms with Gasteiger partial charge in [0.15, 0.2) is 11.5 Å². The number of nitrogens with zero attached hydrogens (tertiary/aromatic N) is 2. The van der Waals surface area contributed by atoms with Crippen molar-refractivity contribution < 1.29 is 9.21 Å². The Labute approximate surface area is 166 Å². The predicted molar refractivity (Wildman–Crippen MR) is 110 cm³/mol. The van der Waals surface area contributed by atoms with E-state index >= 15 is 0 Å². The quantitative estimate of drug-likeness (QED) is 0.649. The van der Waals surface area contributed by atoms with Crippen LogP contribution in [0.3, 0.4) is 0 Å². The molecule has 0 saturated carbocycles. The van der Waals surface area contributed by atoms with Crippen LogP contribution in [0.1, 0.15) is 31.6 Å². The summed E-state index contributed by atoms with van der Waals surface area (Å²) in [5, 5.41) is 2.99. The van der Waals surface area contributed by atoms with Crippen molar-refractivity contribution in [2.24, 2.45) is 0 Å². The fraction of sp³-hybridized carbons (Fsp3) is 0.333. The summed E-state index contributed by atoms with van der Waals surface area (Å²) in [5.74, 6) is 1.16. The highest BCUT2D eigenvalue weighted by molar-refractivity contribution is 9.10. The van der Waals surface area contributed by atoms with Gasteiger partial charge in [0.1, 0.15) is 5.52 Å². The Bertz CT molecular complexity index is 897. The lowest BCUT2D eigenvalue weighted by Gasteiger charge is -2.34. The van der Waals surface area contributed by atoms with Gasteiger partial charge < -0.3 is 9.73 Å². The Hall–Kier alpha value is -2.18. The number of benzene rings is 2. The van der Waals surface area contributed by atoms with Crippen molar-refractivity contribution in [2.45, 2.75) is 31.7 Å². The van der Waals surface area contributed by atoms with Crippen molar-refractivity contribution in [3.8, 4) is 0 Å². The molecule has 0 bridgehead atoms. The molecule has 1 N–H and O–H groups in total. The minimum atomic E-state index is -0.168. The van der Waals surface area contributed by atoms with Crippen LogP contribution in [0.15, 0.2) is 57.4 Å². The Balaban J connectivity index is 1.35. The fourth-order valence-corrected chi connectivity index (χ4v) is 3.81. The minimum absolute atomic E-state index is 0.0256. The van der Waals surface area contributed by atoms with Gasteiger partial charge in [-0.1, -0.05) is 28.1 Å². The molecule has 5 nitrogen and oxygen atoms in total. The van der Waals surface area contributed by atoms with Crippen molar-refractivity contribution >= 4 is 38.6 Å². The van der Waals surface area contributed by atoms with Gasteiger partial charge >= 0.3 is 0 Å². The third kappa shape index (κ3) is 4.06. The Morgan fingerprint density at radius 1 is 1.19 bits per heavy atom. The lowest BCUT2D eigenvalue weighted by atomic mass is 9.95. The second-order valence-electron chi connectivity index (χ2n) is 7.00. The molecule has 2 aromatic carbocycles. The van der Waals surface area contributed by atoms with Crippen LogP contribution in [-0.2, 0) is 4.79 Å². The molecule has 1 aliphatic heterocycles. The summed E-state index contributed by atoms with van der Waals surface area (Å²) < 4.78 is 6.92. The molecule has 1 atom stereocenters. The van der Waals surface area contributed by atoms with Crippen LogP contribution in [0.4, 0.5) is 5.69 Å². The number of anilines is 1. The minimum Gasteiger partial charge on any atom is -0.440 e. The van der Waals surface area contributed by atoms with Crippen LogP contribution in [0.2, 0.25) is 0 Å². The summed E-state index contributed by atoms with van der Waals surface area (Å²) in [4.78, 5) is 19.4. The number of piperidine rings is 1. The molecule has 1 aliphatic rings. The van der Waals surface area contributed by atoms with Crippen molar-refractivity contribution in [1.29, 1.82) is 0 Å². The van der Waals surface area contributed by atoms with Gasteiger partial charge in [-0.25, -0.2) is 4.98 Å². The number of hydrogen-bond acceptors (Lipinski definition) is 4. The van der Waals surface area contributed by atoms with Crippen molar-refractivity contribution in [1.82, 2.24) is 9.88 Å².